The lowest BCUT2D eigenvalue weighted by Crippen LogP contribution is -2.31. The molecule has 23 heavy (non-hydrogen) atoms. The molecule has 1 atom stereocenters. The van der Waals surface area contributed by atoms with Gasteiger partial charge in [0.1, 0.15) is 12.0 Å². The fraction of sp³-hybridized carbons (Fsp3) is 0.263. The lowest BCUT2D eigenvalue weighted by Gasteiger charge is -2.15. The molecule has 0 aliphatic rings. The maximum atomic E-state index is 12.0. The van der Waals surface area contributed by atoms with Crippen molar-refractivity contribution in [1.82, 2.24) is 5.32 Å². The van der Waals surface area contributed by atoms with Gasteiger partial charge in [-0.05, 0) is 48.7 Å². The summed E-state index contributed by atoms with van der Waals surface area (Å²) in [6.07, 6.45) is 1.76. The van der Waals surface area contributed by atoms with Crippen LogP contribution in [0.3, 0.4) is 0 Å². The first-order valence-electron chi connectivity index (χ1n) is 7.68. The summed E-state index contributed by atoms with van der Waals surface area (Å²) in [4.78, 5) is 22.5. The van der Waals surface area contributed by atoms with Gasteiger partial charge in [-0.1, -0.05) is 31.2 Å². The van der Waals surface area contributed by atoms with Crippen molar-refractivity contribution < 1.29 is 14.3 Å². The Kier molecular flexibility index (Phi) is 5.92. The lowest BCUT2D eigenvalue weighted by molar-refractivity contribution is -0.123. The average molecular weight is 311 g/mol. The average Bonchev–Trinajstić information content (AvgIpc) is 2.60. The molecule has 2 aromatic rings. The molecule has 1 N–H and O–H groups in total. The molecule has 0 aromatic heterocycles. The molecule has 0 fully saturated rings. The van der Waals surface area contributed by atoms with E-state index in [0.717, 1.165) is 18.3 Å². The Morgan fingerprint density at radius 2 is 1.78 bits per heavy atom. The molecule has 1 amide bonds. The van der Waals surface area contributed by atoms with E-state index in [1.165, 1.54) is 5.56 Å². The second-order valence-electron chi connectivity index (χ2n) is 5.36. The predicted octanol–water partition coefficient (Wildman–Crippen LogP) is 3.32. The molecule has 0 heterocycles. The van der Waals surface area contributed by atoms with Crippen molar-refractivity contribution in [2.75, 3.05) is 6.61 Å². The van der Waals surface area contributed by atoms with Crippen LogP contribution in [0.5, 0.6) is 5.75 Å². The van der Waals surface area contributed by atoms with Crippen LogP contribution in [-0.4, -0.2) is 18.8 Å². The van der Waals surface area contributed by atoms with Gasteiger partial charge in [-0.3, -0.25) is 9.59 Å². The van der Waals surface area contributed by atoms with Gasteiger partial charge < -0.3 is 10.1 Å². The Morgan fingerprint density at radius 1 is 1.13 bits per heavy atom. The fourth-order valence-corrected chi connectivity index (χ4v) is 2.20. The van der Waals surface area contributed by atoms with Crippen LogP contribution in [0.15, 0.2) is 48.5 Å². The molecule has 0 aliphatic carbocycles. The van der Waals surface area contributed by atoms with Crippen LogP contribution in [0, 0.1) is 0 Å². The quantitative estimate of drug-likeness (QED) is 0.798. The maximum Gasteiger partial charge on any atom is 0.258 e. The first-order chi connectivity index (χ1) is 11.1. The number of carbonyl (C=O) groups excluding carboxylic acids is 2. The van der Waals surface area contributed by atoms with Crippen molar-refractivity contribution in [3.05, 3.63) is 65.2 Å². The number of hydrogen-bond acceptors (Lipinski definition) is 3. The summed E-state index contributed by atoms with van der Waals surface area (Å²) in [7, 11) is 0. The van der Waals surface area contributed by atoms with Gasteiger partial charge in [0.05, 0.1) is 6.04 Å². The number of aryl methyl sites for hydroxylation is 1. The predicted molar refractivity (Wildman–Crippen MR) is 89.7 cm³/mol. The number of amides is 1. The summed E-state index contributed by atoms with van der Waals surface area (Å²) in [5.41, 5.74) is 2.91. The second kappa shape index (κ2) is 8.13. The number of benzene rings is 2. The smallest absolute Gasteiger partial charge is 0.258 e. The van der Waals surface area contributed by atoms with Crippen LogP contribution in [0.1, 0.15) is 41.4 Å². The first-order valence-corrected chi connectivity index (χ1v) is 7.68. The topological polar surface area (TPSA) is 55.4 Å². The van der Waals surface area contributed by atoms with E-state index >= 15 is 0 Å². The Hall–Kier alpha value is -2.62. The molecule has 0 saturated carbocycles. The first kappa shape index (κ1) is 16.7. The summed E-state index contributed by atoms with van der Waals surface area (Å²) >= 11 is 0. The Labute approximate surface area is 136 Å². The van der Waals surface area contributed by atoms with Gasteiger partial charge in [-0.15, -0.1) is 0 Å². The lowest BCUT2D eigenvalue weighted by atomic mass is 10.1. The van der Waals surface area contributed by atoms with Crippen molar-refractivity contribution in [1.29, 1.82) is 0 Å². The minimum Gasteiger partial charge on any atom is -0.484 e. The van der Waals surface area contributed by atoms with E-state index in [2.05, 4.69) is 24.4 Å². The highest BCUT2D eigenvalue weighted by molar-refractivity contribution is 5.78. The molecule has 2 rings (SSSR count). The van der Waals surface area contributed by atoms with Crippen LogP contribution < -0.4 is 10.1 Å². The molecule has 0 aliphatic heterocycles. The van der Waals surface area contributed by atoms with Crippen LogP contribution in [0.25, 0.3) is 0 Å². The number of nitrogens with one attached hydrogen (secondary N) is 1. The molecule has 120 valence electrons. The van der Waals surface area contributed by atoms with Crippen molar-refractivity contribution in [3.63, 3.8) is 0 Å². The summed E-state index contributed by atoms with van der Waals surface area (Å²) in [5.74, 6) is 0.377. The normalized spacial score (nSPS) is 11.6. The van der Waals surface area contributed by atoms with Gasteiger partial charge in [-0.2, -0.15) is 0 Å². The molecule has 1 unspecified atom stereocenters. The summed E-state index contributed by atoms with van der Waals surface area (Å²) in [6, 6.07) is 14.8. The molecule has 4 nitrogen and oxygen atoms in total. The third kappa shape index (κ3) is 4.95. The molecular weight excluding hydrogens is 290 g/mol. The summed E-state index contributed by atoms with van der Waals surface area (Å²) in [5, 5.41) is 2.91. The van der Waals surface area contributed by atoms with Crippen LogP contribution in [0.2, 0.25) is 0 Å². The highest BCUT2D eigenvalue weighted by atomic mass is 16.5. The number of rotatable bonds is 7. The number of ether oxygens (including phenoxy) is 1. The Balaban J connectivity index is 1.84. The number of carbonyl (C=O) groups is 2. The van der Waals surface area contributed by atoms with E-state index in [1.807, 2.05) is 19.1 Å². The number of aldehydes is 1. The highest BCUT2D eigenvalue weighted by Gasteiger charge is 2.10. The zero-order chi connectivity index (χ0) is 16.7. The standard InChI is InChI=1S/C19H21NO3/c1-3-15-4-8-17(9-5-15)14(2)20-19(22)13-23-18-10-6-16(12-21)7-11-18/h4-12,14H,3,13H2,1-2H3,(H,20,22). The minimum atomic E-state index is -0.184. The van der Waals surface area contributed by atoms with Gasteiger partial charge in [0.15, 0.2) is 6.61 Å². The molecule has 0 bridgehead atoms. The van der Waals surface area contributed by atoms with Gasteiger partial charge in [-0.25, -0.2) is 0 Å². The van der Waals surface area contributed by atoms with Gasteiger partial charge in [0, 0.05) is 5.56 Å². The van der Waals surface area contributed by atoms with Crippen molar-refractivity contribution in [3.8, 4) is 5.75 Å². The molecule has 0 radical (unpaired) electrons. The third-order valence-electron chi connectivity index (χ3n) is 3.65. The summed E-state index contributed by atoms with van der Waals surface area (Å²) in [6.45, 7) is 3.99. The zero-order valence-electron chi connectivity index (χ0n) is 13.4. The number of hydrogen-bond donors (Lipinski definition) is 1. The monoisotopic (exact) mass is 311 g/mol. The van der Waals surface area contributed by atoms with E-state index < -0.39 is 0 Å². The third-order valence-corrected chi connectivity index (χ3v) is 3.65. The van der Waals surface area contributed by atoms with Crippen molar-refractivity contribution in [2.24, 2.45) is 0 Å². The van der Waals surface area contributed by atoms with Gasteiger partial charge in [0.2, 0.25) is 0 Å². The SMILES string of the molecule is CCc1ccc(C(C)NC(=O)COc2ccc(C=O)cc2)cc1. The van der Waals surface area contributed by atoms with E-state index in [4.69, 9.17) is 4.74 Å². The van der Waals surface area contributed by atoms with Gasteiger partial charge in [0.25, 0.3) is 5.91 Å². The molecule has 2 aromatic carbocycles. The maximum absolute atomic E-state index is 12.0. The fourth-order valence-electron chi connectivity index (χ4n) is 2.20. The van der Waals surface area contributed by atoms with E-state index in [1.54, 1.807) is 24.3 Å². The molecule has 0 spiro atoms. The van der Waals surface area contributed by atoms with Crippen LogP contribution >= 0.6 is 0 Å². The van der Waals surface area contributed by atoms with E-state index in [0.29, 0.717) is 11.3 Å². The molecule has 0 saturated heterocycles. The van der Waals surface area contributed by atoms with Crippen LogP contribution in [0.4, 0.5) is 0 Å². The highest BCUT2D eigenvalue weighted by Crippen LogP contribution is 2.14. The second-order valence-corrected chi connectivity index (χ2v) is 5.36. The molecule has 4 heteroatoms. The van der Waals surface area contributed by atoms with Crippen molar-refractivity contribution in [2.45, 2.75) is 26.3 Å². The molecular formula is C19H21NO3. The largest absolute Gasteiger partial charge is 0.484 e. The van der Waals surface area contributed by atoms with Gasteiger partial charge >= 0.3 is 0 Å². The van der Waals surface area contributed by atoms with Crippen LogP contribution in [-0.2, 0) is 11.2 Å². The Bertz CT molecular complexity index is 647. The zero-order valence-corrected chi connectivity index (χ0v) is 13.4. The van der Waals surface area contributed by atoms with E-state index in [9.17, 15) is 9.59 Å². The van der Waals surface area contributed by atoms with E-state index in [-0.39, 0.29) is 18.6 Å². The minimum absolute atomic E-state index is 0.0577. The summed E-state index contributed by atoms with van der Waals surface area (Å²) < 4.78 is 5.41. The Morgan fingerprint density at radius 3 is 2.35 bits per heavy atom. The van der Waals surface area contributed by atoms with Crippen molar-refractivity contribution >= 4 is 12.2 Å².